The van der Waals surface area contributed by atoms with Crippen LogP contribution in [0.15, 0.2) is 48.5 Å². The van der Waals surface area contributed by atoms with Crippen molar-refractivity contribution in [1.82, 2.24) is 0 Å². The zero-order chi connectivity index (χ0) is 15.2. The Hall–Kier alpha value is -2.82. The van der Waals surface area contributed by atoms with Crippen molar-refractivity contribution < 1.29 is 14.3 Å². The first-order valence-corrected chi connectivity index (χ1v) is 6.44. The molecule has 0 radical (unpaired) electrons. The summed E-state index contributed by atoms with van der Waals surface area (Å²) in [5.74, 6) is -0.503. The monoisotopic (exact) mass is 284 g/mol. The maximum atomic E-state index is 11.7. The van der Waals surface area contributed by atoms with E-state index in [0.717, 1.165) is 11.1 Å². The van der Waals surface area contributed by atoms with Crippen LogP contribution < -0.4 is 11.1 Å². The van der Waals surface area contributed by atoms with Crippen molar-refractivity contribution in [2.45, 2.75) is 13.5 Å². The number of nitrogens with two attached hydrogens (primary N) is 1. The standard InChI is InChI=1S/C16H16N2O3/c1-11-9-13(15(17)19)7-8-14(11)18-16(20)21-10-12-5-3-2-4-6-12/h2-9H,10H2,1H3,(H2,17,19)(H,18,20). The highest BCUT2D eigenvalue weighted by molar-refractivity contribution is 5.94. The summed E-state index contributed by atoms with van der Waals surface area (Å²) in [6.07, 6.45) is -0.547. The molecule has 5 nitrogen and oxygen atoms in total. The minimum absolute atomic E-state index is 0.199. The van der Waals surface area contributed by atoms with Gasteiger partial charge in [0.25, 0.3) is 0 Å². The third-order valence-electron chi connectivity index (χ3n) is 2.96. The molecular weight excluding hydrogens is 268 g/mol. The van der Waals surface area contributed by atoms with E-state index in [9.17, 15) is 9.59 Å². The first kappa shape index (κ1) is 14.6. The largest absolute Gasteiger partial charge is 0.444 e. The minimum Gasteiger partial charge on any atom is -0.444 e. The van der Waals surface area contributed by atoms with Gasteiger partial charge in [-0.1, -0.05) is 30.3 Å². The molecule has 108 valence electrons. The van der Waals surface area contributed by atoms with E-state index in [2.05, 4.69) is 5.32 Å². The highest BCUT2D eigenvalue weighted by Crippen LogP contribution is 2.16. The number of benzene rings is 2. The van der Waals surface area contributed by atoms with Crippen molar-refractivity contribution in [2.75, 3.05) is 5.32 Å². The summed E-state index contributed by atoms with van der Waals surface area (Å²) in [7, 11) is 0. The van der Waals surface area contributed by atoms with Crippen LogP contribution in [-0.2, 0) is 11.3 Å². The molecule has 2 aromatic carbocycles. The summed E-state index contributed by atoms with van der Waals surface area (Å²) < 4.78 is 5.12. The van der Waals surface area contributed by atoms with E-state index < -0.39 is 12.0 Å². The van der Waals surface area contributed by atoms with Gasteiger partial charge in [0.2, 0.25) is 5.91 Å². The van der Waals surface area contributed by atoms with Gasteiger partial charge in [0.1, 0.15) is 6.61 Å². The predicted molar refractivity (Wildman–Crippen MR) is 79.9 cm³/mol. The summed E-state index contributed by atoms with van der Waals surface area (Å²) in [6.45, 7) is 1.98. The van der Waals surface area contributed by atoms with Gasteiger partial charge in [0, 0.05) is 11.3 Å². The van der Waals surface area contributed by atoms with E-state index in [1.807, 2.05) is 30.3 Å². The van der Waals surface area contributed by atoms with Gasteiger partial charge in [-0.2, -0.15) is 0 Å². The van der Waals surface area contributed by atoms with Gasteiger partial charge in [-0.05, 0) is 36.2 Å². The molecular formula is C16H16N2O3. The SMILES string of the molecule is Cc1cc(C(N)=O)ccc1NC(=O)OCc1ccccc1. The van der Waals surface area contributed by atoms with Crippen molar-refractivity contribution in [3.8, 4) is 0 Å². The second kappa shape index (κ2) is 6.56. The first-order chi connectivity index (χ1) is 10.1. The maximum Gasteiger partial charge on any atom is 0.411 e. The molecule has 21 heavy (non-hydrogen) atoms. The summed E-state index contributed by atoms with van der Waals surface area (Å²) in [4.78, 5) is 22.8. The summed E-state index contributed by atoms with van der Waals surface area (Å²) >= 11 is 0. The zero-order valence-electron chi connectivity index (χ0n) is 11.6. The van der Waals surface area contributed by atoms with E-state index in [-0.39, 0.29) is 6.61 Å². The molecule has 0 heterocycles. The van der Waals surface area contributed by atoms with Crippen molar-refractivity contribution >= 4 is 17.7 Å². The molecule has 2 amide bonds. The lowest BCUT2D eigenvalue weighted by Gasteiger charge is -2.10. The van der Waals surface area contributed by atoms with Crippen LogP contribution in [0.4, 0.5) is 10.5 Å². The van der Waals surface area contributed by atoms with Crippen LogP contribution >= 0.6 is 0 Å². The lowest BCUT2D eigenvalue weighted by molar-refractivity contribution is 0.1000. The van der Waals surface area contributed by atoms with Crippen LogP contribution in [0.2, 0.25) is 0 Å². The van der Waals surface area contributed by atoms with E-state index in [1.165, 1.54) is 0 Å². The van der Waals surface area contributed by atoms with Crippen LogP contribution in [0.5, 0.6) is 0 Å². The molecule has 0 aliphatic carbocycles. The number of anilines is 1. The molecule has 0 fully saturated rings. The smallest absolute Gasteiger partial charge is 0.411 e. The Morgan fingerprint density at radius 3 is 2.48 bits per heavy atom. The Morgan fingerprint density at radius 2 is 1.86 bits per heavy atom. The third-order valence-corrected chi connectivity index (χ3v) is 2.96. The van der Waals surface area contributed by atoms with Crippen molar-refractivity contribution in [3.63, 3.8) is 0 Å². The minimum atomic E-state index is -0.547. The Morgan fingerprint density at radius 1 is 1.14 bits per heavy atom. The van der Waals surface area contributed by atoms with E-state index in [4.69, 9.17) is 10.5 Å². The molecule has 3 N–H and O–H groups in total. The van der Waals surface area contributed by atoms with Gasteiger partial charge in [-0.25, -0.2) is 4.79 Å². The fourth-order valence-electron chi connectivity index (χ4n) is 1.83. The van der Waals surface area contributed by atoms with E-state index >= 15 is 0 Å². The molecule has 0 aromatic heterocycles. The number of carbonyl (C=O) groups excluding carboxylic acids is 2. The zero-order valence-corrected chi connectivity index (χ0v) is 11.6. The van der Waals surface area contributed by atoms with Crippen LogP contribution in [0.1, 0.15) is 21.5 Å². The lowest BCUT2D eigenvalue weighted by atomic mass is 10.1. The highest BCUT2D eigenvalue weighted by atomic mass is 16.5. The molecule has 0 aliphatic heterocycles. The predicted octanol–water partition coefficient (Wildman–Crippen LogP) is 2.84. The number of aryl methyl sites for hydroxylation is 1. The quantitative estimate of drug-likeness (QED) is 0.905. The molecule has 0 atom stereocenters. The first-order valence-electron chi connectivity index (χ1n) is 6.44. The van der Waals surface area contributed by atoms with Crippen LogP contribution in [-0.4, -0.2) is 12.0 Å². The Bertz CT molecular complexity index is 654. The van der Waals surface area contributed by atoms with E-state index in [1.54, 1.807) is 25.1 Å². The van der Waals surface area contributed by atoms with Crippen LogP contribution in [0.25, 0.3) is 0 Å². The Balaban J connectivity index is 1.95. The van der Waals surface area contributed by atoms with Gasteiger partial charge in [-0.15, -0.1) is 0 Å². The molecule has 0 aliphatic rings. The Labute approximate surface area is 122 Å². The lowest BCUT2D eigenvalue weighted by Crippen LogP contribution is -2.15. The average molecular weight is 284 g/mol. The van der Waals surface area contributed by atoms with Gasteiger partial charge >= 0.3 is 6.09 Å². The van der Waals surface area contributed by atoms with Gasteiger partial charge in [-0.3, -0.25) is 10.1 Å². The number of primary amides is 1. The number of amides is 2. The number of ether oxygens (including phenoxy) is 1. The van der Waals surface area contributed by atoms with Crippen molar-refractivity contribution in [1.29, 1.82) is 0 Å². The number of nitrogens with one attached hydrogen (secondary N) is 1. The summed E-state index contributed by atoms with van der Waals surface area (Å²) in [5.41, 5.74) is 7.82. The number of hydrogen-bond acceptors (Lipinski definition) is 3. The fourth-order valence-corrected chi connectivity index (χ4v) is 1.83. The molecule has 0 saturated carbocycles. The molecule has 5 heteroatoms. The number of rotatable bonds is 4. The summed E-state index contributed by atoms with van der Waals surface area (Å²) in [6, 6.07) is 14.2. The van der Waals surface area contributed by atoms with E-state index in [0.29, 0.717) is 11.3 Å². The Kier molecular flexibility index (Phi) is 4.56. The summed E-state index contributed by atoms with van der Waals surface area (Å²) in [5, 5.41) is 2.63. The van der Waals surface area contributed by atoms with Gasteiger partial charge in [0.05, 0.1) is 0 Å². The number of hydrogen-bond donors (Lipinski definition) is 2. The van der Waals surface area contributed by atoms with Crippen molar-refractivity contribution in [2.24, 2.45) is 5.73 Å². The normalized spacial score (nSPS) is 9.95. The molecule has 0 saturated heterocycles. The van der Waals surface area contributed by atoms with Gasteiger partial charge < -0.3 is 10.5 Å². The molecule has 2 aromatic rings. The molecule has 2 rings (SSSR count). The highest BCUT2D eigenvalue weighted by Gasteiger charge is 2.08. The van der Waals surface area contributed by atoms with Gasteiger partial charge in [0.15, 0.2) is 0 Å². The topological polar surface area (TPSA) is 81.4 Å². The fraction of sp³-hybridized carbons (Fsp3) is 0.125. The molecule has 0 spiro atoms. The number of carbonyl (C=O) groups is 2. The average Bonchev–Trinajstić information content (AvgIpc) is 2.48. The maximum absolute atomic E-state index is 11.7. The van der Waals surface area contributed by atoms with Crippen LogP contribution in [0.3, 0.4) is 0 Å². The molecule has 0 bridgehead atoms. The second-order valence-corrected chi connectivity index (χ2v) is 4.58. The third kappa shape index (κ3) is 4.07. The van der Waals surface area contributed by atoms with Crippen molar-refractivity contribution in [3.05, 3.63) is 65.2 Å². The second-order valence-electron chi connectivity index (χ2n) is 4.58. The van der Waals surface area contributed by atoms with Crippen LogP contribution in [0, 0.1) is 6.92 Å². The molecule has 0 unspecified atom stereocenters.